The Morgan fingerprint density at radius 3 is 2.74 bits per heavy atom. The highest BCUT2D eigenvalue weighted by molar-refractivity contribution is 5.87. The van der Waals surface area contributed by atoms with Crippen LogP contribution < -0.4 is 14.8 Å². The fraction of sp³-hybridized carbons (Fsp3) is 0.400. The number of benzene rings is 1. The fourth-order valence-electron chi connectivity index (χ4n) is 2.29. The summed E-state index contributed by atoms with van der Waals surface area (Å²) in [5, 5.41) is 2.91. The van der Waals surface area contributed by atoms with Gasteiger partial charge in [0.05, 0.1) is 20.1 Å². The van der Waals surface area contributed by atoms with Crippen LogP contribution in [0.3, 0.4) is 0 Å². The lowest BCUT2D eigenvalue weighted by atomic mass is 9.76. The summed E-state index contributed by atoms with van der Waals surface area (Å²) in [6.45, 7) is 4.27. The van der Waals surface area contributed by atoms with Gasteiger partial charge in [0.2, 0.25) is 5.91 Å². The van der Waals surface area contributed by atoms with Crippen LogP contribution in [0.1, 0.15) is 23.5 Å². The molecule has 1 aliphatic carbocycles. The Balaban J connectivity index is 2.10. The van der Waals surface area contributed by atoms with Crippen molar-refractivity contribution in [1.29, 1.82) is 0 Å². The molecule has 0 saturated carbocycles. The largest absolute Gasteiger partial charge is 0.493 e. The first-order chi connectivity index (χ1) is 9.21. The number of hydrogen-bond donors (Lipinski definition) is 1. The monoisotopic (exact) mass is 261 g/mol. The van der Waals surface area contributed by atoms with E-state index in [1.54, 1.807) is 20.3 Å². The van der Waals surface area contributed by atoms with E-state index in [2.05, 4.69) is 11.9 Å². The lowest BCUT2D eigenvalue weighted by Crippen LogP contribution is -2.35. The van der Waals surface area contributed by atoms with Crippen LogP contribution in [0, 0.1) is 0 Å². The van der Waals surface area contributed by atoms with Crippen molar-refractivity contribution in [3.05, 3.63) is 35.9 Å². The predicted octanol–water partition coefficient (Wildman–Crippen LogP) is 2.04. The first-order valence-electron chi connectivity index (χ1n) is 6.34. The summed E-state index contributed by atoms with van der Waals surface area (Å²) < 4.78 is 10.5. The molecule has 2 rings (SSSR count). The van der Waals surface area contributed by atoms with Gasteiger partial charge in [0, 0.05) is 6.54 Å². The molecule has 19 heavy (non-hydrogen) atoms. The summed E-state index contributed by atoms with van der Waals surface area (Å²) in [5.74, 6) is 1.39. The van der Waals surface area contributed by atoms with Crippen molar-refractivity contribution < 1.29 is 14.3 Å². The highest BCUT2D eigenvalue weighted by atomic mass is 16.5. The molecule has 0 heterocycles. The van der Waals surface area contributed by atoms with Crippen molar-refractivity contribution in [2.45, 2.75) is 18.8 Å². The highest BCUT2D eigenvalue weighted by Gasteiger charge is 2.33. The van der Waals surface area contributed by atoms with E-state index in [9.17, 15) is 4.79 Å². The molecule has 0 aliphatic heterocycles. The minimum Gasteiger partial charge on any atom is -0.493 e. The molecule has 1 aliphatic rings. The lowest BCUT2D eigenvalue weighted by Gasteiger charge is -2.30. The maximum atomic E-state index is 12.0. The van der Waals surface area contributed by atoms with E-state index < -0.39 is 0 Å². The number of methoxy groups -OCH3 is 2. The second-order valence-electron chi connectivity index (χ2n) is 4.53. The maximum Gasteiger partial charge on any atom is 0.227 e. The summed E-state index contributed by atoms with van der Waals surface area (Å²) in [6, 6.07) is 3.84. The van der Waals surface area contributed by atoms with Crippen LogP contribution in [0.15, 0.2) is 24.8 Å². The van der Waals surface area contributed by atoms with Crippen LogP contribution in [-0.4, -0.2) is 26.7 Å². The second kappa shape index (κ2) is 5.78. The minimum absolute atomic E-state index is 0.0698. The maximum absolute atomic E-state index is 12.0. The molecule has 1 aromatic rings. The highest BCUT2D eigenvalue weighted by Crippen LogP contribution is 2.42. The summed E-state index contributed by atoms with van der Waals surface area (Å²) >= 11 is 0. The molecule has 0 fully saturated rings. The molecule has 1 N–H and O–H groups in total. The summed E-state index contributed by atoms with van der Waals surface area (Å²) in [5.41, 5.74) is 2.19. The zero-order chi connectivity index (χ0) is 13.8. The Bertz CT molecular complexity index is 496. The average molecular weight is 261 g/mol. The quantitative estimate of drug-likeness (QED) is 0.629. The van der Waals surface area contributed by atoms with E-state index in [4.69, 9.17) is 9.47 Å². The Hall–Kier alpha value is -1.97. The summed E-state index contributed by atoms with van der Waals surface area (Å²) in [7, 11) is 3.21. The molecule has 1 amide bonds. The number of carbonyl (C=O) groups is 1. The molecule has 4 heteroatoms. The number of hydrogen-bond acceptors (Lipinski definition) is 3. The van der Waals surface area contributed by atoms with Gasteiger partial charge in [-0.05, 0) is 36.1 Å². The van der Waals surface area contributed by atoms with Crippen LogP contribution in [0.25, 0.3) is 0 Å². The topological polar surface area (TPSA) is 47.6 Å². The van der Waals surface area contributed by atoms with Crippen LogP contribution in [0.2, 0.25) is 0 Å². The Morgan fingerprint density at radius 2 is 2.11 bits per heavy atom. The van der Waals surface area contributed by atoms with Gasteiger partial charge in [0.15, 0.2) is 11.5 Å². The van der Waals surface area contributed by atoms with Gasteiger partial charge in [-0.3, -0.25) is 4.79 Å². The molecule has 0 bridgehead atoms. The van der Waals surface area contributed by atoms with E-state index in [0.717, 1.165) is 24.0 Å². The van der Waals surface area contributed by atoms with E-state index in [1.807, 2.05) is 12.1 Å². The molecule has 4 nitrogen and oxygen atoms in total. The normalized spacial score (nSPS) is 16.0. The molecule has 0 aromatic heterocycles. The van der Waals surface area contributed by atoms with E-state index in [-0.39, 0.29) is 11.8 Å². The standard InChI is InChI=1S/C15H19NO3/c1-4-5-6-16-15(17)12-7-10-8-13(18-2)14(19-3)9-11(10)12/h4,8-9,12H,1,5-7H2,2-3H3,(H,16,17)/t12-/m1/s1. The van der Waals surface area contributed by atoms with E-state index in [0.29, 0.717) is 18.0 Å². The van der Waals surface area contributed by atoms with Gasteiger partial charge < -0.3 is 14.8 Å². The first kappa shape index (κ1) is 13.5. The molecular weight excluding hydrogens is 242 g/mol. The summed E-state index contributed by atoms with van der Waals surface area (Å²) in [6.07, 6.45) is 3.34. The fourth-order valence-corrected chi connectivity index (χ4v) is 2.29. The van der Waals surface area contributed by atoms with Gasteiger partial charge in [-0.25, -0.2) is 0 Å². The average Bonchev–Trinajstić information content (AvgIpc) is 2.40. The SMILES string of the molecule is C=CCCNC(=O)[C@@H]1Cc2cc(OC)c(OC)cc21. The van der Waals surface area contributed by atoms with Gasteiger partial charge in [0.25, 0.3) is 0 Å². The summed E-state index contributed by atoms with van der Waals surface area (Å²) in [4.78, 5) is 12.0. The van der Waals surface area contributed by atoms with Crippen LogP contribution in [0.5, 0.6) is 11.5 Å². The van der Waals surface area contributed by atoms with Crippen LogP contribution in [0.4, 0.5) is 0 Å². The third-order valence-electron chi connectivity index (χ3n) is 3.41. The van der Waals surface area contributed by atoms with Gasteiger partial charge >= 0.3 is 0 Å². The molecule has 1 aromatic carbocycles. The van der Waals surface area contributed by atoms with E-state index >= 15 is 0 Å². The van der Waals surface area contributed by atoms with Gasteiger partial charge in [-0.1, -0.05) is 6.08 Å². The third kappa shape index (κ3) is 2.57. The van der Waals surface area contributed by atoms with Crippen molar-refractivity contribution in [3.8, 4) is 11.5 Å². The third-order valence-corrected chi connectivity index (χ3v) is 3.41. The van der Waals surface area contributed by atoms with Crippen molar-refractivity contribution >= 4 is 5.91 Å². The molecule has 0 saturated heterocycles. The number of rotatable bonds is 6. The zero-order valence-corrected chi connectivity index (χ0v) is 11.4. The molecule has 1 atom stereocenters. The second-order valence-corrected chi connectivity index (χ2v) is 4.53. The number of amides is 1. The van der Waals surface area contributed by atoms with Crippen LogP contribution in [-0.2, 0) is 11.2 Å². The Labute approximate surface area is 113 Å². The van der Waals surface area contributed by atoms with Crippen molar-refractivity contribution in [2.24, 2.45) is 0 Å². The van der Waals surface area contributed by atoms with Crippen LogP contribution >= 0.6 is 0 Å². The first-order valence-corrected chi connectivity index (χ1v) is 6.34. The Kier molecular flexibility index (Phi) is 4.10. The number of nitrogens with one attached hydrogen (secondary N) is 1. The number of ether oxygens (including phenoxy) is 2. The molecule has 102 valence electrons. The van der Waals surface area contributed by atoms with Crippen molar-refractivity contribution in [1.82, 2.24) is 5.32 Å². The van der Waals surface area contributed by atoms with Gasteiger partial charge in [-0.15, -0.1) is 6.58 Å². The van der Waals surface area contributed by atoms with Crippen molar-refractivity contribution in [2.75, 3.05) is 20.8 Å². The predicted molar refractivity (Wildman–Crippen MR) is 73.8 cm³/mol. The lowest BCUT2D eigenvalue weighted by molar-refractivity contribution is -0.123. The molecule has 0 radical (unpaired) electrons. The number of fused-ring (bicyclic) bond motifs is 1. The molecule has 0 unspecified atom stereocenters. The number of carbonyl (C=O) groups excluding carboxylic acids is 1. The Morgan fingerprint density at radius 1 is 1.42 bits per heavy atom. The smallest absolute Gasteiger partial charge is 0.227 e. The molecular formula is C15H19NO3. The van der Waals surface area contributed by atoms with Gasteiger partial charge in [0.1, 0.15) is 0 Å². The van der Waals surface area contributed by atoms with Crippen molar-refractivity contribution in [3.63, 3.8) is 0 Å². The van der Waals surface area contributed by atoms with E-state index in [1.165, 1.54) is 0 Å². The zero-order valence-electron chi connectivity index (χ0n) is 11.4. The molecule has 0 spiro atoms. The minimum atomic E-state index is -0.0698. The van der Waals surface area contributed by atoms with Gasteiger partial charge in [-0.2, -0.15) is 0 Å².